The second-order valence-corrected chi connectivity index (χ2v) is 16.6. The zero-order valence-electron chi connectivity index (χ0n) is 23.1. The quantitative estimate of drug-likeness (QED) is 0.456. The van der Waals surface area contributed by atoms with Crippen LogP contribution in [0.4, 0.5) is 10.5 Å². The van der Waals surface area contributed by atoms with Crippen molar-refractivity contribution >= 4 is 26.0 Å². The second-order valence-electron chi connectivity index (χ2n) is 11.8. The first-order chi connectivity index (χ1) is 17.2. The number of carbonyl (C=O) groups is 2. The molecule has 2 heterocycles. The van der Waals surface area contributed by atoms with E-state index >= 15 is 0 Å². The van der Waals surface area contributed by atoms with Gasteiger partial charge in [-0.25, -0.2) is 9.69 Å². The molecule has 198 valence electrons. The van der Waals surface area contributed by atoms with Crippen molar-refractivity contribution < 1.29 is 23.9 Å². The summed E-state index contributed by atoms with van der Waals surface area (Å²) in [6.07, 6.45) is 1.02. The van der Waals surface area contributed by atoms with Gasteiger partial charge in [-0.1, -0.05) is 56.2 Å². The average Bonchev–Trinajstić information content (AvgIpc) is 3.17. The summed E-state index contributed by atoms with van der Waals surface area (Å²) in [5.41, 5.74) is 4.20. The molecule has 0 radical (unpaired) electrons. The summed E-state index contributed by atoms with van der Waals surface area (Å²) >= 11 is 0. The molecule has 2 aliphatic rings. The molecule has 8 heteroatoms. The zero-order valence-corrected chi connectivity index (χ0v) is 24.1. The SMILES string of the molecule is CC1=CN2C(=O)c3cc(C)c(O)cc3N(C(=O)OCc3ccc(C)cc3)[C@@H](O[Si](C)(C)C(C)(C)C)[C@@H]2C1. The van der Waals surface area contributed by atoms with E-state index in [1.165, 1.54) is 11.0 Å². The predicted octanol–water partition coefficient (Wildman–Crippen LogP) is 6.63. The van der Waals surface area contributed by atoms with E-state index in [0.717, 1.165) is 16.7 Å². The van der Waals surface area contributed by atoms with Gasteiger partial charge in [0.1, 0.15) is 12.4 Å². The summed E-state index contributed by atoms with van der Waals surface area (Å²) in [5, 5.41) is 10.5. The highest BCUT2D eigenvalue weighted by Gasteiger charge is 2.50. The minimum Gasteiger partial charge on any atom is -0.508 e. The summed E-state index contributed by atoms with van der Waals surface area (Å²) in [6, 6.07) is 10.5. The number of rotatable bonds is 4. The Morgan fingerprint density at radius 3 is 2.38 bits per heavy atom. The molecule has 0 unspecified atom stereocenters. The van der Waals surface area contributed by atoms with Gasteiger partial charge in [-0.3, -0.25) is 4.79 Å². The van der Waals surface area contributed by atoms with Crippen LogP contribution in [0.3, 0.4) is 0 Å². The third kappa shape index (κ3) is 5.18. The molecule has 2 atom stereocenters. The highest BCUT2D eigenvalue weighted by Crippen LogP contribution is 2.44. The molecule has 0 bridgehead atoms. The number of hydrogen-bond donors (Lipinski definition) is 1. The van der Waals surface area contributed by atoms with Crippen molar-refractivity contribution in [2.45, 2.75) is 85.0 Å². The molecule has 37 heavy (non-hydrogen) atoms. The van der Waals surface area contributed by atoms with Gasteiger partial charge >= 0.3 is 6.09 Å². The number of amides is 2. The lowest BCUT2D eigenvalue weighted by Gasteiger charge is -2.44. The van der Waals surface area contributed by atoms with Gasteiger partial charge in [-0.2, -0.15) is 0 Å². The lowest BCUT2D eigenvalue weighted by molar-refractivity contribution is 0.0578. The fraction of sp³-hybridized carbons (Fsp3) is 0.448. The Morgan fingerprint density at radius 1 is 1.11 bits per heavy atom. The summed E-state index contributed by atoms with van der Waals surface area (Å²) in [6.45, 7) is 16.5. The molecule has 1 N–H and O–H groups in total. The van der Waals surface area contributed by atoms with Gasteiger partial charge in [0.2, 0.25) is 0 Å². The van der Waals surface area contributed by atoms with Crippen molar-refractivity contribution in [1.29, 1.82) is 0 Å². The van der Waals surface area contributed by atoms with Crippen LogP contribution in [-0.2, 0) is 15.8 Å². The number of ether oxygens (including phenoxy) is 1. The molecule has 0 aromatic heterocycles. The number of benzene rings is 2. The highest BCUT2D eigenvalue weighted by molar-refractivity contribution is 6.74. The second kappa shape index (κ2) is 9.65. The average molecular weight is 523 g/mol. The van der Waals surface area contributed by atoms with Crippen molar-refractivity contribution in [3.8, 4) is 5.75 Å². The Labute approximate surface area is 220 Å². The van der Waals surface area contributed by atoms with Gasteiger partial charge in [-0.05, 0) is 62.5 Å². The van der Waals surface area contributed by atoms with E-state index in [4.69, 9.17) is 9.16 Å². The van der Waals surface area contributed by atoms with E-state index < -0.39 is 26.7 Å². The molecule has 0 saturated carbocycles. The molecule has 4 rings (SSSR count). The Kier molecular flexibility index (Phi) is 7.03. The van der Waals surface area contributed by atoms with E-state index in [0.29, 0.717) is 23.2 Å². The smallest absolute Gasteiger partial charge is 0.416 e. The monoisotopic (exact) mass is 522 g/mol. The van der Waals surface area contributed by atoms with Crippen molar-refractivity contribution in [2.24, 2.45) is 0 Å². The minimum absolute atomic E-state index is 0.00254. The first-order valence-electron chi connectivity index (χ1n) is 12.7. The number of aryl methyl sites for hydroxylation is 2. The number of carbonyl (C=O) groups excluding carboxylic acids is 2. The number of hydrogen-bond acceptors (Lipinski definition) is 5. The topological polar surface area (TPSA) is 79.3 Å². The van der Waals surface area contributed by atoms with Crippen LogP contribution in [0.2, 0.25) is 18.1 Å². The van der Waals surface area contributed by atoms with Gasteiger partial charge in [0.05, 0.1) is 17.3 Å². The maximum Gasteiger partial charge on any atom is 0.416 e. The molecule has 0 saturated heterocycles. The van der Waals surface area contributed by atoms with Crippen LogP contribution in [0.15, 0.2) is 48.2 Å². The number of nitrogens with zero attached hydrogens (tertiary/aromatic N) is 2. The number of phenols is 1. The minimum atomic E-state index is -2.42. The largest absolute Gasteiger partial charge is 0.508 e. The Morgan fingerprint density at radius 2 is 1.76 bits per heavy atom. The molecule has 7 nitrogen and oxygen atoms in total. The zero-order chi connectivity index (χ0) is 27.3. The lowest BCUT2D eigenvalue weighted by Crippen LogP contribution is -2.57. The molecule has 2 aromatic rings. The Balaban J connectivity index is 1.83. The van der Waals surface area contributed by atoms with Crippen LogP contribution in [0.5, 0.6) is 5.75 Å². The summed E-state index contributed by atoms with van der Waals surface area (Å²) in [4.78, 5) is 30.8. The van der Waals surface area contributed by atoms with Gasteiger partial charge in [0, 0.05) is 12.3 Å². The number of phenolic OH excluding ortho intramolecular Hbond substituents is 1. The predicted molar refractivity (Wildman–Crippen MR) is 147 cm³/mol. The number of fused-ring (bicyclic) bond motifs is 2. The number of anilines is 1. The van der Waals surface area contributed by atoms with E-state index in [9.17, 15) is 14.7 Å². The van der Waals surface area contributed by atoms with Gasteiger partial charge in [-0.15, -0.1) is 0 Å². The maximum atomic E-state index is 13.9. The van der Waals surface area contributed by atoms with Crippen LogP contribution in [0.1, 0.15) is 61.2 Å². The van der Waals surface area contributed by atoms with Crippen LogP contribution < -0.4 is 4.90 Å². The van der Waals surface area contributed by atoms with E-state index in [-0.39, 0.29) is 23.3 Å². The fourth-order valence-corrected chi connectivity index (χ4v) is 5.70. The molecular weight excluding hydrogens is 484 g/mol. The number of aromatic hydroxyl groups is 1. The molecule has 0 aliphatic carbocycles. The van der Waals surface area contributed by atoms with Crippen LogP contribution in [-0.4, -0.2) is 42.6 Å². The van der Waals surface area contributed by atoms with E-state index in [1.807, 2.05) is 44.3 Å². The van der Waals surface area contributed by atoms with Crippen molar-refractivity contribution in [2.75, 3.05) is 4.90 Å². The van der Waals surface area contributed by atoms with Crippen LogP contribution in [0.25, 0.3) is 0 Å². The maximum absolute atomic E-state index is 13.9. The first kappa shape index (κ1) is 26.9. The molecule has 2 amide bonds. The standard InChI is InChI=1S/C29H38N2O5Si/c1-18-9-11-21(12-10-18)17-35-28(34)31-23-15-25(32)20(3)14-22(23)26(33)30-16-19(2)13-24(30)27(31)36-37(7,8)29(4,5)6/h9-12,14-16,24,27,32H,13,17H2,1-8H3/t24-,27-/m0/s1. The normalized spacial score (nSPS) is 19.8. The molecular formula is C29H38N2O5Si. The van der Waals surface area contributed by atoms with E-state index in [1.54, 1.807) is 17.9 Å². The van der Waals surface area contributed by atoms with Crippen LogP contribution in [0, 0.1) is 13.8 Å². The van der Waals surface area contributed by atoms with Gasteiger partial charge < -0.3 is 19.2 Å². The Hall–Kier alpha value is -3.10. The molecule has 0 fully saturated rings. The third-order valence-corrected chi connectivity index (χ3v) is 12.2. The molecule has 0 spiro atoms. The summed E-state index contributed by atoms with van der Waals surface area (Å²) in [7, 11) is -2.42. The summed E-state index contributed by atoms with van der Waals surface area (Å²) in [5.74, 6) is -0.222. The summed E-state index contributed by atoms with van der Waals surface area (Å²) < 4.78 is 12.7. The van der Waals surface area contributed by atoms with E-state index in [2.05, 4.69) is 33.9 Å². The van der Waals surface area contributed by atoms with Crippen molar-refractivity contribution in [3.05, 3.63) is 70.4 Å². The third-order valence-electron chi connectivity index (χ3n) is 7.77. The van der Waals surface area contributed by atoms with Gasteiger partial charge in [0.15, 0.2) is 14.5 Å². The highest BCUT2D eigenvalue weighted by atomic mass is 28.4. The van der Waals surface area contributed by atoms with Crippen molar-refractivity contribution in [1.82, 2.24) is 4.90 Å². The Bertz CT molecular complexity index is 1250. The molecule has 2 aliphatic heterocycles. The fourth-order valence-electron chi connectivity index (χ4n) is 4.48. The van der Waals surface area contributed by atoms with Crippen LogP contribution >= 0.6 is 0 Å². The van der Waals surface area contributed by atoms with Gasteiger partial charge in [0.25, 0.3) is 5.91 Å². The molecule has 2 aromatic carbocycles. The lowest BCUT2D eigenvalue weighted by atomic mass is 10.1. The van der Waals surface area contributed by atoms with Crippen molar-refractivity contribution in [3.63, 3.8) is 0 Å². The first-order valence-corrected chi connectivity index (χ1v) is 15.6.